The van der Waals surface area contributed by atoms with E-state index in [-0.39, 0.29) is 35.3 Å². The first-order chi connectivity index (χ1) is 19.4. The van der Waals surface area contributed by atoms with Gasteiger partial charge in [0.05, 0.1) is 23.0 Å². The number of phenolic OH excluding ortho intramolecular Hbond substituents is 1. The molecule has 2 saturated heterocycles. The molecule has 13 heteroatoms. The Bertz CT molecular complexity index is 1600. The third kappa shape index (κ3) is 3.58. The van der Waals surface area contributed by atoms with Crippen molar-refractivity contribution in [2.24, 2.45) is 17.8 Å². The van der Waals surface area contributed by atoms with Crippen LogP contribution in [0.15, 0.2) is 54.1 Å². The molecule has 10 nitrogen and oxygen atoms in total. The van der Waals surface area contributed by atoms with Crippen molar-refractivity contribution in [3.8, 4) is 11.5 Å². The molecule has 6 atom stereocenters. The maximum absolute atomic E-state index is 14.0. The van der Waals surface area contributed by atoms with Gasteiger partial charge in [-0.3, -0.25) is 24.1 Å². The summed E-state index contributed by atoms with van der Waals surface area (Å²) in [5.74, 6) is -8.05. The summed E-state index contributed by atoms with van der Waals surface area (Å²) in [6, 6.07) is 9.41. The molecule has 212 valence electrons. The number of halogens is 3. The Labute approximate surface area is 251 Å². The molecule has 4 amide bonds. The molecule has 2 aromatic rings. The highest BCUT2D eigenvalue weighted by atomic mass is 79.9. The lowest BCUT2D eigenvalue weighted by atomic mass is 9.56. The molecule has 0 aromatic heterocycles. The number of fused-ring (bicyclic) bond motifs is 4. The SMILES string of the molecule is O=C(O)c1ccc(N2C(=O)C3CC=C4C(CC5(Cl)C(=O)N(CBr)C(=O)C5(Cl)C4c4ccc(O)cc4)C3C2=O)cc1O. The third-order valence-corrected chi connectivity index (χ3v) is 10.6. The van der Waals surface area contributed by atoms with Crippen molar-refractivity contribution in [3.05, 3.63) is 65.2 Å². The van der Waals surface area contributed by atoms with Crippen LogP contribution in [0.5, 0.6) is 11.5 Å². The Balaban J connectivity index is 1.48. The van der Waals surface area contributed by atoms with Crippen molar-refractivity contribution in [1.82, 2.24) is 4.90 Å². The highest BCUT2D eigenvalue weighted by molar-refractivity contribution is 9.09. The van der Waals surface area contributed by atoms with Crippen LogP contribution in [0.1, 0.15) is 34.7 Å². The molecular formula is C28H21BrCl2N2O8. The number of nitrogens with zero attached hydrogens (tertiary/aromatic N) is 2. The largest absolute Gasteiger partial charge is 0.508 e. The van der Waals surface area contributed by atoms with Gasteiger partial charge in [-0.2, -0.15) is 0 Å². The number of anilines is 1. The maximum atomic E-state index is 14.0. The predicted molar refractivity (Wildman–Crippen MR) is 149 cm³/mol. The number of hydrogen-bond donors (Lipinski definition) is 3. The number of imide groups is 2. The number of amides is 4. The second-order valence-electron chi connectivity index (χ2n) is 10.6. The van der Waals surface area contributed by atoms with Crippen LogP contribution in [-0.4, -0.2) is 65.0 Å². The zero-order chi connectivity index (χ0) is 29.6. The lowest BCUT2D eigenvalue weighted by molar-refractivity contribution is -0.138. The summed E-state index contributed by atoms with van der Waals surface area (Å²) in [5.41, 5.74) is 0.563. The number of phenols is 2. The lowest BCUT2D eigenvalue weighted by Gasteiger charge is -2.50. The highest BCUT2D eigenvalue weighted by Crippen LogP contribution is 2.65. The number of carbonyl (C=O) groups excluding carboxylic acids is 4. The first kappa shape index (κ1) is 27.7. The van der Waals surface area contributed by atoms with E-state index in [1.54, 1.807) is 18.2 Å². The molecule has 6 rings (SSSR count). The van der Waals surface area contributed by atoms with E-state index >= 15 is 0 Å². The Kier molecular flexibility index (Phi) is 6.29. The van der Waals surface area contributed by atoms with E-state index < -0.39 is 68.8 Å². The Morgan fingerprint density at radius 1 is 0.976 bits per heavy atom. The van der Waals surface area contributed by atoms with Crippen molar-refractivity contribution in [3.63, 3.8) is 0 Å². The first-order valence-electron chi connectivity index (χ1n) is 12.6. The number of alkyl halides is 3. The average Bonchev–Trinajstić information content (AvgIpc) is 3.27. The Morgan fingerprint density at radius 2 is 1.66 bits per heavy atom. The van der Waals surface area contributed by atoms with Crippen LogP contribution in [0, 0.1) is 17.8 Å². The van der Waals surface area contributed by atoms with Crippen LogP contribution < -0.4 is 4.90 Å². The number of carboxylic acids is 1. The van der Waals surface area contributed by atoms with Gasteiger partial charge in [-0.25, -0.2) is 9.69 Å². The molecular weight excluding hydrogens is 643 g/mol. The van der Waals surface area contributed by atoms with Crippen LogP contribution in [0.4, 0.5) is 5.69 Å². The van der Waals surface area contributed by atoms with Crippen LogP contribution in [-0.2, 0) is 19.2 Å². The predicted octanol–water partition coefficient (Wildman–Crippen LogP) is 3.71. The number of aromatic hydroxyl groups is 2. The summed E-state index contributed by atoms with van der Waals surface area (Å²) in [6.07, 6.45) is 1.72. The number of benzene rings is 2. The molecule has 2 heterocycles. The quantitative estimate of drug-likeness (QED) is 0.194. The molecule has 41 heavy (non-hydrogen) atoms. The molecule has 3 N–H and O–H groups in total. The Morgan fingerprint density at radius 3 is 2.27 bits per heavy atom. The van der Waals surface area contributed by atoms with Gasteiger partial charge in [0.15, 0.2) is 9.75 Å². The number of hydrogen-bond acceptors (Lipinski definition) is 7. The summed E-state index contributed by atoms with van der Waals surface area (Å²) in [4.78, 5) is 64.2. The van der Waals surface area contributed by atoms with Crippen LogP contribution in [0.3, 0.4) is 0 Å². The van der Waals surface area contributed by atoms with Gasteiger partial charge in [0, 0.05) is 12.0 Å². The van der Waals surface area contributed by atoms with Crippen LogP contribution >= 0.6 is 39.1 Å². The second kappa shape index (κ2) is 9.30. The van der Waals surface area contributed by atoms with E-state index in [0.29, 0.717) is 11.1 Å². The molecule has 0 spiro atoms. The van der Waals surface area contributed by atoms with Gasteiger partial charge in [-0.05, 0) is 48.6 Å². The summed E-state index contributed by atoms with van der Waals surface area (Å²) >= 11 is 17.4. The highest BCUT2D eigenvalue weighted by Gasteiger charge is 2.76. The molecule has 2 aliphatic heterocycles. The fourth-order valence-corrected chi connectivity index (χ4v) is 8.31. The molecule has 2 aromatic carbocycles. The minimum atomic E-state index is -1.95. The zero-order valence-electron chi connectivity index (χ0n) is 21.0. The standard InChI is InChI=1S/C28H21BrCl2N2O8/c29-11-32-25(40)27(30)10-18-15(21(28(27,31)26(32)41)12-1-4-14(34)5-2-12)7-8-17-20(18)23(37)33(22(17)36)13-3-6-16(24(38)39)19(35)9-13/h1-7,9,17-18,20-21,34-35H,8,10-11H2,(H,38,39). The minimum Gasteiger partial charge on any atom is -0.508 e. The van der Waals surface area contributed by atoms with Crippen molar-refractivity contribution in [2.75, 3.05) is 10.4 Å². The van der Waals surface area contributed by atoms with Crippen molar-refractivity contribution in [2.45, 2.75) is 28.5 Å². The van der Waals surface area contributed by atoms with Gasteiger partial charge < -0.3 is 15.3 Å². The summed E-state index contributed by atoms with van der Waals surface area (Å²) in [7, 11) is 0. The molecule has 0 radical (unpaired) electrons. The number of aromatic carboxylic acids is 1. The average molecular weight is 664 g/mol. The molecule has 1 saturated carbocycles. The van der Waals surface area contributed by atoms with Crippen molar-refractivity contribution in [1.29, 1.82) is 0 Å². The fraction of sp³-hybridized carbons (Fsp3) is 0.321. The molecule has 3 fully saturated rings. The molecule has 6 unspecified atom stereocenters. The van der Waals surface area contributed by atoms with Crippen LogP contribution in [0.25, 0.3) is 0 Å². The van der Waals surface area contributed by atoms with Gasteiger partial charge in [0.1, 0.15) is 17.1 Å². The van der Waals surface area contributed by atoms with E-state index in [1.165, 1.54) is 18.2 Å². The van der Waals surface area contributed by atoms with E-state index in [9.17, 15) is 39.3 Å². The van der Waals surface area contributed by atoms with Gasteiger partial charge in [-0.1, -0.05) is 39.7 Å². The van der Waals surface area contributed by atoms with Gasteiger partial charge in [0.25, 0.3) is 11.8 Å². The second-order valence-corrected chi connectivity index (χ2v) is 12.3. The number of allylic oxidation sites excluding steroid dienone is 2. The van der Waals surface area contributed by atoms with E-state index in [1.807, 2.05) is 0 Å². The maximum Gasteiger partial charge on any atom is 0.339 e. The van der Waals surface area contributed by atoms with Gasteiger partial charge in [0.2, 0.25) is 11.8 Å². The van der Waals surface area contributed by atoms with E-state index in [4.69, 9.17) is 23.2 Å². The topological polar surface area (TPSA) is 153 Å². The third-order valence-electron chi connectivity index (χ3n) is 8.71. The fourth-order valence-electron chi connectivity index (χ4n) is 6.89. The molecule has 4 aliphatic rings. The first-order valence-corrected chi connectivity index (χ1v) is 14.5. The number of carboxylic acid groups (broad SMARTS) is 1. The molecule has 0 bridgehead atoms. The van der Waals surface area contributed by atoms with E-state index in [2.05, 4.69) is 15.9 Å². The lowest BCUT2D eigenvalue weighted by Crippen LogP contribution is -2.60. The van der Waals surface area contributed by atoms with Crippen molar-refractivity contribution >= 4 is 74.4 Å². The monoisotopic (exact) mass is 662 g/mol. The van der Waals surface area contributed by atoms with Crippen LogP contribution in [0.2, 0.25) is 0 Å². The summed E-state index contributed by atoms with van der Waals surface area (Å²) in [5, 5.41) is 29.4. The van der Waals surface area contributed by atoms with Gasteiger partial charge in [-0.15, -0.1) is 23.2 Å². The van der Waals surface area contributed by atoms with Crippen molar-refractivity contribution < 1.29 is 39.3 Å². The van der Waals surface area contributed by atoms with E-state index in [0.717, 1.165) is 21.9 Å². The number of likely N-dealkylation sites (tertiary alicyclic amines) is 1. The zero-order valence-corrected chi connectivity index (χ0v) is 24.1. The number of rotatable bonds is 4. The summed E-state index contributed by atoms with van der Waals surface area (Å²) < 4.78 is 0. The smallest absolute Gasteiger partial charge is 0.339 e. The number of carbonyl (C=O) groups is 5. The Hall–Kier alpha value is -3.41. The normalized spacial score (nSPS) is 32.5. The summed E-state index contributed by atoms with van der Waals surface area (Å²) in [6.45, 7) is 0. The molecule has 2 aliphatic carbocycles. The minimum absolute atomic E-state index is 0.00852. The van der Waals surface area contributed by atoms with Gasteiger partial charge >= 0.3 is 5.97 Å².